The van der Waals surface area contributed by atoms with Gasteiger partial charge in [0.1, 0.15) is 16.8 Å². The van der Waals surface area contributed by atoms with Gasteiger partial charge < -0.3 is 10.1 Å². The van der Waals surface area contributed by atoms with E-state index in [0.717, 1.165) is 24.9 Å². The fraction of sp³-hybridized carbons (Fsp3) is 0.286. The van der Waals surface area contributed by atoms with Gasteiger partial charge in [0, 0.05) is 5.38 Å². The van der Waals surface area contributed by atoms with Crippen molar-refractivity contribution in [1.29, 1.82) is 0 Å². The first-order chi connectivity index (χ1) is 9.72. The van der Waals surface area contributed by atoms with Gasteiger partial charge in [-0.15, -0.1) is 0 Å². The van der Waals surface area contributed by atoms with Crippen LogP contribution in [0.4, 0.5) is 5.69 Å². The van der Waals surface area contributed by atoms with E-state index in [1.807, 2.05) is 16.8 Å². The maximum absolute atomic E-state index is 12.3. The van der Waals surface area contributed by atoms with Crippen molar-refractivity contribution in [3.8, 4) is 5.88 Å². The first-order valence-electron chi connectivity index (χ1n) is 6.39. The van der Waals surface area contributed by atoms with Crippen LogP contribution in [0.2, 0.25) is 5.15 Å². The molecule has 1 amide bonds. The van der Waals surface area contributed by atoms with Gasteiger partial charge in [0.2, 0.25) is 5.88 Å². The van der Waals surface area contributed by atoms with Crippen molar-refractivity contribution >= 4 is 34.5 Å². The lowest BCUT2D eigenvalue weighted by Crippen LogP contribution is -2.26. The normalized spacial score (nSPS) is 14.7. The number of nitrogens with one attached hydrogen (secondary N) is 1. The predicted octanol–water partition coefficient (Wildman–Crippen LogP) is 3.98. The lowest BCUT2D eigenvalue weighted by molar-refractivity contribution is 0.0979. The number of hydrogen-bond acceptors (Lipinski definition) is 4. The zero-order valence-corrected chi connectivity index (χ0v) is 12.2. The number of rotatable bonds is 4. The monoisotopic (exact) mass is 308 g/mol. The lowest BCUT2D eigenvalue weighted by Gasteiger charge is -2.26. The highest BCUT2D eigenvalue weighted by molar-refractivity contribution is 7.08. The van der Waals surface area contributed by atoms with E-state index in [9.17, 15) is 4.79 Å². The van der Waals surface area contributed by atoms with E-state index in [1.165, 1.54) is 11.3 Å². The summed E-state index contributed by atoms with van der Waals surface area (Å²) in [7, 11) is 0. The highest BCUT2D eigenvalue weighted by Gasteiger charge is 2.23. The van der Waals surface area contributed by atoms with Crippen LogP contribution in [-0.4, -0.2) is 17.0 Å². The maximum atomic E-state index is 12.3. The summed E-state index contributed by atoms with van der Waals surface area (Å²) in [4.78, 5) is 16.4. The summed E-state index contributed by atoms with van der Waals surface area (Å²) in [6.45, 7) is 0. The smallest absolute Gasteiger partial charge is 0.261 e. The number of nitrogens with zero attached hydrogens (tertiary/aromatic N) is 1. The number of thiophene rings is 1. The first-order valence-corrected chi connectivity index (χ1v) is 7.71. The van der Waals surface area contributed by atoms with Crippen LogP contribution < -0.4 is 10.1 Å². The van der Waals surface area contributed by atoms with Gasteiger partial charge in [-0.1, -0.05) is 11.6 Å². The average molecular weight is 309 g/mol. The molecule has 2 aromatic rings. The molecule has 0 unspecified atom stereocenters. The minimum Gasteiger partial charge on any atom is -0.474 e. The Morgan fingerprint density at radius 3 is 2.90 bits per heavy atom. The van der Waals surface area contributed by atoms with Gasteiger partial charge in [-0.05, 0) is 42.8 Å². The number of carbonyl (C=O) groups is 1. The summed E-state index contributed by atoms with van der Waals surface area (Å²) < 4.78 is 5.75. The number of anilines is 1. The molecule has 0 saturated heterocycles. The van der Waals surface area contributed by atoms with E-state index in [-0.39, 0.29) is 12.0 Å². The molecule has 0 spiro atoms. The van der Waals surface area contributed by atoms with Crippen molar-refractivity contribution in [3.05, 3.63) is 39.7 Å². The molecule has 0 aromatic carbocycles. The number of aromatic nitrogens is 1. The summed E-state index contributed by atoms with van der Waals surface area (Å²) in [6.07, 6.45) is 3.30. The Kier molecular flexibility index (Phi) is 3.89. The van der Waals surface area contributed by atoms with Gasteiger partial charge in [0.25, 0.3) is 5.91 Å². The fourth-order valence-electron chi connectivity index (χ4n) is 1.86. The fourth-order valence-corrected chi connectivity index (χ4v) is 2.59. The van der Waals surface area contributed by atoms with E-state index in [0.29, 0.717) is 16.6 Å². The van der Waals surface area contributed by atoms with Crippen LogP contribution in [0.3, 0.4) is 0 Å². The quantitative estimate of drug-likeness (QED) is 0.869. The van der Waals surface area contributed by atoms with Gasteiger partial charge in [-0.25, -0.2) is 4.98 Å². The topological polar surface area (TPSA) is 51.2 Å². The van der Waals surface area contributed by atoms with E-state index >= 15 is 0 Å². The molecule has 3 rings (SSSR count). The third-order valence-corrected chi connectivity index (χ3v) is 4.07. The number of amides is 1. The van der Waals surface area contributed by atoms with Crippen LogP contribution in [0.5, 0.6) is 5.88 Å². The lowest BCUT2D eigenvalue weighted by atomic mass is 9.96. The summed E-state index contributed by atoms with van der Waals surface area (Å²) in [5.74, 6) is 0.0804. The molecule has 0 aliphatic heterocycles. The van der Waals surface area contributed by atoms with E-state index < -0.39 is 0 Å². The molecule has 0 bridgehead atoms. The summed E-state index contributed by atoms with van der Waals surface area (Å²) in [5.41, 5.74) is 1.18. The number of pyridine rings is 1. The summed E-state index contributed by atoms with van der Waals surface area (Å²) >= 11 is 7.41. The molecule has 1 aliphatic carbocycles. The molecule has 6 heteroatoms. The predicted molar refractivity (Wildman–Crippen MR) is 79.8 cm³/mol. The van der Waals surface area contributed by atoms with Gasteiger partial charge in [0.05, 0.1) is 5.69 Å². The molecule has 104 valence electrons. The molecule has 4 nitrogen and oxygen atoms in total. The minimum absolute atomic E-state index is 0.147. The van der Waals surface area contributed by atoms with E-state index in [2.05, 4.69) is 10.3 Å². The van der Waals surface area contributed by atoms with Crippen molar-refractivity contribution in [2.75, 3.05) is 5.32 Å². The standard InChI is InChI=1S/C14H13ClN2O2S/c15-12-5-4-11(13(18)16-9-6-7-20-8-9)14(17-12)19-10-2-1-3-10/h4-8,10H,1-3H2,(H,16,18). The molecule has 2 aromatic heterocycles. The van der Waals surface area contributed by atoms with Crippen molar-refractivity contribution in [3.63, 3.8) is 0 Å². The van der Waals surface area contributed by atoms with Crippen molar-refractivity contribution in [1.82, 2.24) is 4.98 Å². The largest absolute Gasteiger partial charge is 0.474 e. The Morgan fingerprint density at radius 1 is 1.40 bits per heavy atom. The SMILES string of the molecule is O=C(Nc1ccsc1)c1ccc(Cl)nc1OC1CCC1. The molecule has 1 N–H and O–H groups in total. The highest BCUT2D eigenvalue weighted by atomic mass is 35.5. The Morgan fingerprint density at radius 2 is 2.25 bits per heavy atom. The van der Waals surface area contributed by atoms with Gasteiger partial charge in [-0.3, -0.25) is 4.79 Å². The minimum atomic E-state index is -0.234. The van der Waals surface area contributed by atoms with Crippen LogP contribution >= 0.6 is 22.9 Å². The molecule has 20 heavy (non-hydrogen) atoms. The Labute approximate surface area is 125 Å². The second kappa shape index (κ2) is 5.81. The van der Waals surface area contributed by atoms with Crippen LogP contribution in [0.1, 0.15) is 29.6 Å². The number of hydrogen-bond donors (Lipinski definition) is 1. The molecule has 0 radical (unpaired) electrons. The zero-order valence-electron chi connectivity index (χ0n) is 10.6. The summed E-state index contributed by atoms with van der Waals surface area (Å²) in [5, 5.41) is 6.91. The van der Waals surface area contributed by atoms with Crippen LogP contribution in [0.25, 0.3) is 0 Å². The van der Waals surface area contributed by atoms with Gasteiger partial charge in [0.15, 0.2) is 0 Å². The van der Waals surface area contributed by atoms with E-state index in [1.54, 1.807) is 12.1 Å². The van der Waals surface area contributed by atoms with Gasteiger partial charge in [-0.2, -0.15) is 11.3 Å². The van der Waals surface area contributed by atoms with Crippen molar-refractivity contribution in [2.45, 2.75) is 25.4 Å². The maximum Gasteiger partial charge on any atom is 0.261 e. The van der Waals surface area contributed by atoms with Crippen LogP contribution in [0.15, 0.2) is 29.0 Å². The molecule has 1 fully saturated rings. The molecular weight excluding hydrogens is 296 g/mol. The molecule has 2 heterocycles. The number of carbonyl (C=O) groups excluding carboxylic acids is 1. The first kappa shape index (κ1) is 13.4. The van der Waals surface area contributed by atoms with Crippen LogP contribution in [0, 0.1) is 0 Å². The molecule has 1 aliphatic rings. The summed E-state index contributed by atoms with van der Waals surface area (Å²) in [6, 6.07) is 5.08. The number of ether oxygens (including phenoxy) is 1. The van der Waals surface area contributed by atoms with Crippen LogP contribution in [-0.2, 0) is 0 Å². The Hall–Kier alpha value is -1.59. The number of halogens is 1. The van der Waals surface area contributed by atoms with Gasteiger partial charge >= 0.3 is 0 Å². The highest BCUT2D eigenvalue weighted by Crippen LogP contribution is 2.28. The van der Waals surface area contributed by atoms with Crippen molar-refractivity contribution in [2.24, 2.45) is 0 Å². The average Bonchev–Trinajstić information content (AvgIpc) is 2.86. The Bertz CT molecular complexity index is 612. The third-order valence-electron chi connectivity index (χ3n) is 3.18. The zero-order chi connectivity index (χ0) is 13.9. The molecular formula is C14H13ClN2O2S. The third kappa shape index (κ3) is 2.94. The van der Waals surface area contributed by atoms with E-state index in [4.69, 9.17) is 16.3 Å². The van der Waals surface area contributed by atoms with Crippen molar-refractivity contribution < 1.29 is 9.53 Å². The second-order valence-corrected chi connectivity index (χ2v) is 5.79. The molecule has 1 saturated carbocycles. The Balaban J connectivity index is 1.81. The molecule has 0 atom stereocenters. The second-order valence-electron chi connectivity index (χ2n) is 4.62.